The van der Waals surface area contributed by atoms with E-state index in [9.17, 15) is 4.79 Å². The Morgan fingerprint density at radius 2 is 2.06 bits per heavy atom. The van der Waals surface area contributed by atoms with E-state index < -0.39 is 0 Å². The van der Waals surface area contributed by atoms with E-state index in [0.29, 0.717) is 13.2 Å². The number of carbonyl (C=O) groups is 1. The monoisotopic (exact) mass is 218 g/mol. The lowest BCUT2D eigenvalue weighted by molar-refractivity contribution is -0.141. The summed E-state index contributed by atoms with van der Waals surface area (Å²) < 4.78 is 10.6. The van der Waals surface area contributed by atoms with Crippen molar-refractivity contribution < 1.29 is 14.3 Å². The molecule has 0 N–H and O–H groups in total. The topological polar surface area (TPSA) is 35.5 Å². The van der Waals surface area contributed by atoms with Gasteiger partial charge < -0.3 is 9.47 Å². The molecule has 0 saturated heterocycles. The van der Waals surface area contributed by atoms with E-state index in [0.717, 1.165) is 11.1 Å². The van der Waals surface area contributed by atoms with Crippen molar-refractivity contribution in [1.29, 1.82) is 0 Å². The maximum atomic E-state index is 10.9. The van der Waals surface area contributed by atoms with Crippen molar-refractivity contribution in [3.8, 4) is 0 Å². The largest absolute Gasteiger partial charge is 0.452 e. The van der Waals surface area contributed by atoms with Crippen LogP contribution in [-0.2, 0) is 20.9 Å². The Bertz CT molecular complexity index is 395. The molecule has 0 fully saturated rings. The number of carbonyl (C=O) groups excluding carboxylic acids is 1. The molecule has 1 aliphatic heterocycles. The molecule has 0 radical (unpaired) electrons. The van der Waals surface area contributed by atoms with Crippen LogP contribution >= 0.6 is 0 Å². The Kier molecular flexibility index (Phi) is 3.37. The van der Waals surface area contributed by atoms with Gasteiger partial charge in [0, 0.05) is 6.08 Å². The molecule has 1 heterocycles. The van der Waals surface area contributed by atoms with Crippen LogP contribution in [0.25, 0.3) is 0 Å². The molecule has 2 rings (SSSR count). The number of esters is 1. The summed E-state index contributed by atoms with van der Waals surface area (Å²) in [6.07, 6.45) is 1.30. The van der Waals surface area contributed by atoms with Crippen LogP contribution in [0.4, 0.5) is 0 Å². The molecule has 1 aromatic carbocycles. The van der Waals surface area contributed by atoms with Gasteiger partial charge in [0.15, 0.2) is 0 Å². The van der Waals surface area contributed by atoms with Crippen molar-refractivity contribution >= 4 is 5.97 Å². The molecule has 1 aliphatic rings. The normalized spacial score (nSPS) is 19.4. The van der Waals surface area contributed by atoms with Crippen LogP contribution in [0.15, 0.2) is 42.0 Å². The summed E-state index contributed by atoms with van der Waals surface area (Å²) in [6.45, 7) is 2.84. The zero-order chi connectivity index (χ0) is 11.4. The first-order chi connectivity index (χ1) is 7.75. The molecule has 84 valence electrons. The van der Waals surface area contributed by atoms with Gasteiger partial charge in [0.2, 0.25) is 0 Å². The highest BCUT2D eigenvalue weighted by molar-refractivity contribution is 5.85. The summed E-state index contributed by atoms with van der Waals surface area (Å²) in [4.78, 5) is 10.9. The second kappa shape index (κ2) is 4.94. The number of ether oxygens (including phenoxy) is 2. The molecule has 16 heavy (non-hydrogen) atoms. The molecule has 0 spiro atoms. The van der Waals surface area contributed by atoms with E-state index in [4.69, 9.17) is 9.47 Å². The number of hydrogen-bond donors (Lipinski definition) is 0. The molecule has 0 aliphatic carbocycles. The van der Waals surface area contributed by atoms with Crippen molar-refractivity contribution in [3.63, 3.8) is 0 Å². The highest BCUT2D eigenvalue weighted by atomic mass is 16.6. The molecule has 3 nitrogen and oxygen atoms in total. The van der Waals surface area contributed by atoms with Crippen LogP contribution in [0.5, 0.6) is 0 Å². The van der Waals surface area contributed by atoms with Gasteiger partial charge >= 0.3 is 5.97 Å². The molecule has 1 aromatic rings. The van der Waals surface area contributed by atoms with Gasteiger partial charge in [-0.25, -0.2) is 4.79 Å². The third-order valence-electron chi connectivity index (χ3n) is 2.49. The molecule has 3 heteroatoms. The average Bonchev–Trinajstić information content (AvgIpc) is 2.59. The van der Waals surface area contributed by atoms with Crippen LogP contribution in [0.2, 0.25) is 0 Å². The summed E-state index contributed by atoms with van der Waals surface area (Å²) >= 11 is 0. The van der Waals surface area contributed by atoms with E-state index in [1.165, 1.54) is 6.08 Å². The van der Waals surface area contributed by atoms with Crippen LogP contribution in [0.3, 0.4) is 0 Å². The Labute approximate surface area is 94.7 Å². The lowest BCUT2D eigenvalue weighted by atomic mass is 10.2. The Hall–Kier alpha value is -1.61. The Balaban J connectivity index is 1.77. The first kappa shape index (κ1) is 10.9. The van der Waals surface area contributed by atoms with Gasteiger partial charge in [-0.3, -0.25) is 0 Å². The summed E-state index contributed by atoms with van der Waals surface area (Å²) in [5.74, 6) is -0.272. The molecule has 0 amide bonds. The highest BCUT2D eigenvalue weighted by Crippen LogP contribution is 2.15. The molecule has 0 aromatic heterocycles. The third-order valence-corrected chi connectivity index (χ3v) is 2.49. The van der Waals surface area contributed by atoms with Crippen LogP contribution in [0, 0.1) is 0 Å². The smallest absolute Gasteiger partial charge is 0.331 e. The lowest BCUT2D eigenvalue weighted by Gasteiger charge is -2.12. The fourth-order valence-electron chi connectivity index (χ4n) is 1.57. The Morgan fingerprint density at radius 1 is 1.31 bits per heavy atom. The van der Waals surface area contributed by atoms with Gasteiger partial charge in [-0.15, -0.1) is 0 Å². The molecule has 1 unspecified atom stereocenters. The van der Waals surface area contributed by atoms with E-state index >= 15 is 0 Å². The Morgan fingerprint density at radius 3 is 2.69 bits per heavy atom. The van der Waals surface area contributed by atoms with Crippen molar-refractivity contribution in [2.45, 2.75) is 19.6 Å². The molecular weight excluding hydrogens is 204 g/mol. The minimum absolute atomic E-state index is 0.212. The van der Waals surface area contributed by atoms with E-state index in [1.807, 2.05) is 37.3 Å². The quantitative estimate of drug-likeness (QED) is 0.726. The maximum absolute atomic E-state index is 10.9. The minimum atomic E-state index is -0.272. The summed E-state index contributed by atoms with van der Waals surface area (Å²) in [5.41, 5.74) is 2.05. The molecular formula is C13H14O3. The van der Waals surface area contributed by atoms with Gasteiger partial charge in [0.1, 0.15) is 6.10 Å². The van der Waals surface area contributed by atoms with Gasteiger partial charge in [-0.05, 0) is 18.1 Å². The number of cyclic esters (lactones) is 1. The summed E-state index contributed by atoms with van der Waals surface area (Å²) in [7, 11) is 0. The molecule has 1 atom stereocenters. The lowest BCUT2D eigenvalue weighted by Crippen LogP contribution is -2.18. The van der Waals surface area contributed by atoms with Crippen molar-refractivity contribution in [2.24, 2.45) is 0 Å². The fourth-order valence-corrected chi connectivity index (χ4v) is 1.57. The number of rotatable bonds is 4. The van der Waals surface area contributed by atoms with Gasteiger partial charge in [-0.1, -0.05) is 30.3 Å². The summed E-state index contributed by atoms with van der Waals surface area (Å²) in [5, 5.41) is 0. The van der Waals surface area contributed by atoms with Crippen LogP contribution in [0.1, 0.15) is 12.5 Å². The number of benzene rings is 1. The first-order valence-corrected chi connectivity index (χ1v) is 5.26. The molecule has 0 saturated carbocycles. The third kappa shape index (κ3) is 2.70. The fraction of sp³-hybridized carbons (Fsp3) is 0.308. The van der Waals surface area contributed by atoms with Gasteiger partial charge in [-0.2, -0.15) is 0 Å². The first-order valence-electron chi connectivity index (χ1n) is 5.26. The molecule has 0 bridgehead atoms. The van der Waals surface area contributed by atoms with E-state index in [-0.39, 0.29) is 12.1 Å². The van der Waals surface area contributed by atoms with Crippen LogP contribution in [-0.4, -0.2) is 18.7 Å². The summed E-state index contributed by atoms with van der Waals surface area (Å²) in [6, 6.07) is 9.92. The standard InChI is InChI=1S/C13H14O3/c1-10-7-13(14)16-12(10)9-15-8-11-5-3-2-4-6-11/h2-7,12H,8-9H2,1H3. The van der Waals surface area contributed by atoms with Gasteiger partial charge in [0.25, 0.3) is 0 Å². The zero-order valence-corrected chi connectivity index (χ0v) is 9.18. The minimum Gasteiger partial charge on any atom is -0.452 e. The van der Waals surface area contributed by atoms with Gasteiger partial charge in [0.05, 0.1) is 13.2 Å². The maximum Gasteiger partial charge on any atom is 0.331 e. The highest BCUT2D eigenvalue weighted by Gasteiger charge is 2.22. The predicted octanol–water partition coefficient (Wildman–Crippen LogP) is 2.07. The van der Waals surface area contributed by atoms with E-state index in [2.05, 4.69) is 0 Å². The second-order valence-corrected chi connectivity index (χ2v) is 3.81. The second-order valence-electron chi connectivity index (χ2n) is 3.81. The predicted molar refractivity (Wildman–Crippen MR) is 59.7 cm³/mol. The van der Waals surface area contributed by atoms with Crippen molar-refractivity contribution in [2.75, 3.05) is 6.61 Å². The zero-order valence-electron chi connectivity index (χ0n) is 9.18. The average molecular weight is 218 g/mol. The SMILES string of the molecule is CC1=CC(=O)OC1COCc1ccccc1. The van der Waals surface area contributed by atoms with Crippen molar-refractivity contribution in [1.82, 2.24) is 0 Å². The van der Waals surface area contributed by atoms with E-state index in [1.54, 1.807) is 0 Å². The van der Waals surface area contributed by atoms with Crippen molar-refractivity contribution in [3.05, 3.63) is 47.5 Å². The number of hydrogen-bond acceptors (Lipinski definition) is 3. The van der Waals surface area contributed by atoms with Crippen LogP contribution < -0.4 is 0 Å².